The molecule has 1 aromatic heterocycles. The Bertz CT molecular complexity index is 1200. The quantitative estimate of drug-likeness (QED) is 0.540. The average Bonchev–Trinajstić information content (AvgIpc) is 3.41. The Morgan fingerprint density at radius 2 is 1.87 bits per heavy atom. The average molecular weight is 456 g/mol. The Hall–Kier alpha value is -2.55. The van der Waals surface area contributed by atoms with Crippen molar-refractivity contribution in [2.45, 2.75) is 44.0 Å². The van der Waals surface area contributed by atoms with Crippen LogP contribution < -0.4 is 10.0 Å². The van der Waals surface area contributed by atoms with E-state index >= 15 is 0 Å². The first-order valence-corrected chi connectivity index (χ1v) is 12.6. The third-order valence-corrected chi connectivity index (χ3v) is 7.64. The van der Waals surface area contributed by atoms with Crippen LogP contribution in [-0.2, 0) is 16.4 Å². The van der Waals surface area contributed by atoms with Crippen LogP contribution >= 0.6 is 11.3 Å². The number of benzene rings is 2. The highest BCUT2D eigenvalue weighted by molar-refractivity contribution is 7.89. The molecule has 0 saturated heterocycles. The van der Waals surface area contributed by atoms with Crippen molar-refractivity contribution in [3.05, 3.63) is 70.2 Å². The Balaban J connectivity index is 1.38. The Kier molecular flexibility index (Phi) is 6.22. The van der Waals surface area contributed by atoms with Gasteiger partial charge in [0.25, 0.3) is 5.91 Å². The summed E-state index contributed by atoms with van der Waals surface area (Å²) in [6, 6.07) is 12.9. The molecular weight excluding hydrogens is 430 g/mol. The molecule has 0 radical (unpaired) electrons. The van der Waals surface area contributed by atoms with Crippen molar-refractivity contribution in [2.24, 2.45) is 0 Å². The first-order valence-electron chi connectivity index (χ1n) is 10.2. The zero-order chi connectivity index (χ0) is 22.0. The molecule has 1 heterocycles. The van der Waals surface area contributed by atoms with E-state index in [1.54, 1.807) is 30.4 Å². The van der Waals surface area contributed by atoms with Gasteiger partial charge in [-0.15, -0.1) is 11.3 Å². The van der Waals surface area contributed by atoms with Crippen LogP contribution in [0.2, 0.25) is 0 Å². The molecule has 31 heavy (non-hydrogen) atoms. The molecule has 4 rings (SSSR count). The van der Waals surface area contributed by atoms with Crippen LogP contribution in [-0.4, -0.2) is 31.9 Å². The summed E-state index contributed by atoms with van der Waals surface area (Å²) in [5.41, 5.74) is 4.32. The van der Waals surface area contributed by atoms with Crippen molar-refractivity contribution < 1.29 is 13.2 Å². The fraction of sp³-hybridized carbons (Fsp3) is 0.304. The SMILES string of the molecule is Cc1ccc(-c2nc(CCNC(=O)c3cc(S(=O)(=O)NC4CC4)ccc3C)cs2)cc1. The van der Waals surface area contributed by atoms with Gasteiger partial charge in [-0.05, 0) is 44.4 Å². The van der Waals surface area contributed by atoms with Crippen molar-refractivity contribution in [1.29, 1.82) is 0 Å². The number of hydrogen-bond donors (Lipinski definition) is 2. The van der Waals surface area contributed by atoms with Crippen molar-refractivity contribution in [3.63, 3.8) is 0 Å². The van der Waals surface area contributed by atoms with Crippen LogP contribution in [0.15, 0.2) is 52.7 Å². The van der Waals surface area contributed by atoms with E-state index in [1.165, 1.54) is 11.6 Å². The first kappa shape index (κ1) is 21.7. The lowest BCUT2D eigenvalue weighted by atomic mass is 10.1. The van der Waals surface area contributed by atoms with Gasteiger partial charge in [-0.2, -0.15) is 0 Å². The lowest BCUT2D eigenvalue weighted by Crippen LogP contribution is -2.28. The van der Waals surface area contributed by atoms with Gasteiger partial charge in [0.2, 0.25) is 10.0 Å². The van der Waals surface area contributed by atoms with Gasteiger partial charge in [0.1, 0.15) is 5.01 Å². The zero-order valence-corrected chi connectivity index (χ0v) is 19.1. The minimum atomic E-state index is -3.60. The fourth-order valence-electron chi connectivity index (χ4n) is 3.15. The number of aryl methyl sites for hydroxylation is 2. The highest BCUT2D eigenvalue weighted by Crippen LogP contribution is 2.25. The second kappa shape index (κ2) is 8.90. The summed E-state index contributed by atoms with van der Waals surface area (Å²) in [4.78, 5) is 17.5. The first-order chi connectivity index (χ1) is 14.8. The number of sulfonamides is 1. The number of aromatic nitrogens is 1. The van der Waals surface area contributed by atoms with Crippen LogP contribution in [0.3, 0.4) is 0 Å². The van der Waals surface area contributed by atoms with E-state index in [-0.39, 0.29) is 16.8 Å². The number of nitrogens with zero attached hydrogens (tertiary/aromatic N) is 1. The van der Waals surface area contributed by atoms with Gasteiger partial charge in [0.05, 0.1) is 10.6 Å². The second-order valence-electron chi connectivity index (χ2n) is 7.89. The smallest absolute Gasteiger partial charge is 0.251 e. The topological polar surface area (TPSA) is 88.2 Å². The van der Waals surface area contributed by atoms with Crippen LogP contribution in [0.1, 0.15) is 40.0 Å². The van der Waals surface area contributed by atoms with E-state index in [4.69, 9.17) is 0 Å². The van der Waals surface area contributed by atoms with Gasteiger partial charge in [-0.25, -0.2) is 18.1 Å². The minimum absolute atomic E-state index is 0.0199. The summed E-state index contributed by atoms with van der Waals surface area (Å²) in [6.07, 6.45) is 2.33. The molecule has 8 heteroatoms. The highest BCUT2D eigenvalue weighted by Gasteiger charge is 2.28. The largest absolute Gasteiger partial charge is 0.352 e. The Labute approximate surface area is 186 Å². The molecule has 3 aromatic rings. The van der Waals surface area contributed by atoms with Crippen LogP contribution in [0.5, 0.6) is 0 Å². The molecule has 1 aliphatic rings. The predicted molar refractivity (Wildman–Crippen MR) is 123 cm³/mol. The van der Waals surface area contributed by atoms with Gasteiger partial charge in [0.15, 0.2) is 0 Å². The summed E-state index contributed by atoms with van der Waals surface area (Å²) in [5, 5.41) is 5.85. The molecule has 0 atom stereocenters. The third-order valence-electron chi connectivity index (χ3n) is 5.18. The fourth-order valence-corrected chi connectivity index (χ4v) is 5.34. The van der Waals surface area contributed by atoms with Gasteiger partial charge in [-0.3, -0.25) is 4.79 Å². The van der Waals surface area contributed by atoms with E-state index < -0.39 is 10.0 Å². The van der Waals surface area contributed by atoms with Gasteiger partial charge in [0, 0.05) is 35.5 Å². The summed E-state index contributed by atoms with van der Waals surface area (Å²) >= 11 is 1.58. The van der Waals surface area contributed by atoms with Crippen LogP contribution in [0.4, 0.5) is 0 Å². The molecule has 0 aliphatic heterocycles. The highest BCUT2D eigenvalue weighted by atomic mass is 32.2. The Morgan fingerprint density at radius 3 is 2.58 bits per heavy atom. The zero-order valence-electron chi connectivity index (χ0n) is 17.5. The van der Waals surface area contributed by atoms with Crippen molar-refractivity contribution in [1.82, 2.24) is 15.0 Å². The van der Waals surface area contributed by atoms with Gasteiger partial charge in [-0.1, -0.05) is 35.9 Å². The maximum absolute atomic E-state index is 12.7. The summed E-state index contributed by atoms with van der Waals surface area (Å²) in [6.45, 7) is 4.27. The molecule has 1 saturated carbocycles. The maximum atomic E-state index is 12.7. The van der Waals surface area contributed by atoms with Gasteiger partial charge < -0.3 is 5.32 Å². The number of hydrogen-bond acceptors (Lipinski definition) is 5. The van der Waals surface area contributed by atoms with E-state index in [0.717, 1.165) is 34.7 Å². The van der Waals surface area contributed by atoms with E-state index in [1.807, 2.05) is 5.38 Å². The molecule has 0 unspecified atom stereocenters. The lowest BCUT2D eigenvalue weighted by molar-refractivity contribution is 0.0953. The van der Waals surface area contributed by atoms with Crippen molar-refractivity contribution in [3.8, 4) is 10.6 Å². The lowest BCUT2D eigenvalue weighted by Gasteiger charge is -2.11. The summed E-state index contributed by atoms with van der Waals surface area (Å²) in [7, 11) is -3.60. The monoisotopic (exact) mass is 455 g/mol. The van der Waals surface area contributed by atoms with E-state index in [0.29, 0.717) is 18.5 Å². The second-order valence-corrected chi connectivity index (χ2v) is 10.5. The standard InChI is InChI=1S/C23H25N3O3S2/c1-15-3-6-17(7-4-15)23-25-19(14-30-23)11-12-24-22(27)21-13-20(10-5-16(21)2)31(28,29)26-18-8-9-18/h3-7,10,13-14,18,26H,8-9,11-12H2,1-2H3,(H,24,27). The summed E-state index contributed by atoms with van der Waals surface area (Å²) < 4.78 is 27.6. The molecule has 6 nitrogen and oxygen atoms in total. The Morgan fingerprint density at radius 1 is 1.13 bits per heavy atom. The van der Waals surface area contributed by atoms with E-state index in [2.05, 4.69) is 46.2 Å². The molecule has 1 amide bonds. The number of nitrogens with one attached hydrogen (secondary N) is 2. The maximum Gasteiger partial charge on any atom is 0.251 e. The molecule has 1 fully saturated rings. The number of thiazole rings is 1. The van der Waals surface area contributed by atoms with Crippen LogP contribution in [0.25, 0.3) is 10.6 Å². The number of carbonyl (C=O) groups is 1. The number of rotatable bonds is 8. The number of carbonyl (C=O) groups excluding carboxylic acids is 1. The predicted octanol–water partition coefficient (Wildman–Crippen LogP) is 3.84. The molecular formula is C23H25N3O3S2. The number of amides is 1. The van der Waals surface area contributed by atoms with E-state index in [9.17, 15) is 13.2 Å². The molecule has 0 spiro atoms. The molecule has 0 bridgehead atoms. The molecule has 1 aliphatic carbocycles. The molecule has 2 N–H and O–H groups in total. The normalized spacial score (nSPS) is 13.9. The van der Waals surface area contributed by atoms with Crippen LogP contribution in [0, 0.1) is 13.8 Å². The molecule has 2 aromatic carbocycles. The summed E-state index contributed by atoms with van der Waals surface area (Å²) in [5.74, 6) is -0.282. The molecule has 162 valence electrons. The van der Waals surface area contributed by atoms with Crippen molar-refractivity contribution >= 4 is 27.3 Å². The third kappa shape index (κ3) is 5.39. The minimum Gasteiger partial charge on any atom is -0.352 e. The van der Waals surface area contributed by atoms with Crippen molar-refractivity contribution in [2.75, 3.05) is 6.54 Å². The van der Waals surface area contributed by atoms with Gasteiger partial charge >= 0.3 is 0 Å².